The van der Waals surface area contributed by atoms with Crippen LogP contribution in [0.3, 0.4) is 0 Å². The number of halogens is 1. The molecule has 1 unspecified atom stereocenters. The number of fused-ring (bicyclic) bond motifs is 1. The molecular weight excluding hydrogens is 272 g/mol. The first-order chi connectivity index (χ1) is 9.70. The molecule has 3 rings (SSSR count). The van der Waals surface area contributed by atoms with Crippen molar-refractivity contribution in [3.8, 4) is 11.3 Å². The van der Waals surface area contributed by atoms with Gasteiger partial charge in [-0.25, -0.2) is 4.98 Å². The third kappa shape index (κ3) is 2.17. The van der Waals surface area contributed by atoms with Crippen LogP contribution in [0.25, 0.3) is 16.9 Å². The number of hydrogen-bond donors (Lipinski definition) is 1. The first-order valence-corrected chi connectivity index (χ1v) is 6.86. The predicted molar refractivity (Wildman–Crippen MR) is 80.9 cm³/mol. The molecule has 0 saturated carbocycles. The zero-order valence-corrected chi connectivity index (χ0v) is 11.9. The quantitative estimate of drug-likeness (QED) is 0.805. The summed E-state index contributed by atoms with van der Waals surface area (Å²) in [5, 5.41) is 0.682. The van der Waals surface area contributed by atoms with Crippen molar-refractivity contribution in [1.29, 1.82) is 0 Å². The smallest absolute Gasteiger partial charge is 0.137 e. The van der Waals surface area contributed by atoms with E-state index in [2.05, 4.69) is 11.9 Å². The second-order valence-electron chi connectivity index (χ2n) is 4.79. The summed E-state index contributed by atoms with van der Waals surface area (Å²) in [7, 11) is 0. The Hall–Kier alpha value is -1.91. The Kier molecular flexibility index (Phi) is 3.42. The van der Waals surface area contributed by atoms with Crippen LogP contribution >= 0.6 is 11.6 Å². The molecule has 0 aliphatic heterocycles. The maximum Gasteiger partial charge on any atom is 0.137 e. The van der Waals surface area contributed by atoms with Gasteiger partial charge >= 0.3 is 0 Å². The molecule has 2 N–H and O–H groups in total. The van der Waals surface area contributed by atoms with Crippen molar-refractivity contribution in [2.24, 2.45) is 5.73 Å². The number of imidazole rings is 1. The average molecular weight is 287 g/mol. The molecular formula is C15H15ClN4. The zero-order chi connectivity index (χ0) is 14.1. The topological polar surface area (TPSA) is 56.2 Å². The molecule has 102 valence electrons. The fraction of sp³-hybridized carbons (Fsp3) is 0.200. The van der Waals surface area contributed by atoms with Crippen LogP contribution in [-0.2, 0) is 0 Å². The third-order valence-electron chi connectivity index (χ3n) is 3.39. The molecule has 3 aromatic rings. The van der Waals surface area contributed by atoms with E-state index in [1.54, 1.807) is 12.4 Å². The highest BCUT2D eigenvalue weighted by molar-refractivity contribution is 6.30. The Morgan fingerprint density at radius 1 is 1.25 bits per heavy atom. The van der Waals surface area contributed by atoms with Crippen molar-refractivity contribution in [3.05, 3.63) is 53.6 Å². The van der Waals surface area contributed by atoms with Crippen molar-refractivity contribution >= 4 is 17.2 Å². The minimum atomic E-state index is 0.187. The summed E-state index contributed by atoms with van der Waals surface area (Å²) in [6.07, 6.45) is 5.42. The van der Waals surface area contributed by atoms with Gasteiger partial charge in [0.2, 0.25) is 0 Å². The molecule has 5 heteroatoms. The van der Waals surface area contributed by atoms with Crippen LogP contribution < -0.4 is 5.73 Å². The fourth-order valence-corrected chi connectivity index (χ4v) is 2.50. The van der Waals surface area contributed by atoms with E-state index in [1.807, 2.05) is 34.9 Å². The highest BCUT2D eigenvalue weighted by Gasteiger charge is 2.18. The van der Waals surface area contributed by atoms with Crippen molar-refractivity contribution in [2.75, 3.05) is 6.54 Å². The van der Waals surface area contributed by atoms with Gasteiger partial charge in [0.1, 0.15) is 5.65 Å². The normalized spacial score (nSPS) is 12.8. The Morgan fingerprint density at radius 2 is 2.00 bits per heavy atom. The number of pyridine rings is 2. The predicted octanol–water partition coefficient (Wildman–Crippen LogP) is 3.11. The summed E-state index contributed by atoms with van der Waals surface area (Å²) in [5.41, 5.74) is 9.78. The fourth-order valence-electron chi connectivity index (χ4n) is 2.34. The van der Waals surface area contributed by atoms with Crippen molar-refractivity contribution in [3.63, 3.8) is 0 Å². The lowest BCUT2D eigenvalue weighted by Gasteiger charge is -2.11. The molecule has 0 aliphatic carbocycles. The van der Waals surface area contributed by atoms with Gasteiger partial charge in [0.15, 0.2) is 0 Å². The zero-order valence-electron chi connectivity index (χ0n) is 11.1. The van der Waals surface area contributed by atoms with E-state index in [9.17, 15) is 0 Å². The van der Waals surface area contributed by atoms with Crippen molar-refractivity contribution in [2.45, 2.75) is 12.8 Å². The molecule has 1 atom stereocenters. The Bertz CT molecular complexity index is 736. The van der Waals surface area contributed by atoms with Gasteiger partial charge in [0.25, 0.3) is 0 Å². The molecule has 0 saturated heterocycles. The van der Waals surface area contributed by atoms with E-state index >= 15 is 0 Å². The standard InChI is InChI=1S/C15H15ClN4/c1-10(8-17)15-14(11-4-6-18-7-5-11)19-13-3-2-12(16)9-20(13)15/h2-7,9-10H,8,17H2,1H3. The summed E-state index contributed by atoms with van der Waals surface area (Å²) in [6.45, 7) is 2.65. The van der Waals surface area contributed by atoms with Gasteiger partial charge in [-0.3, -0.25) is 4.98 Å². The van der Waals surface area contributed by atoms with Crippen LogP contribution in [0.5, 0.6) is 0 Å². The SMILES string of the molecule is CC(CN)c1c(-c2ccncc2)nc2ccc(Cl)cn12. The Morgan fingerprint density at radius 3 is 2.70 bits per heavy atom. The summed E-state index contributed by atoms with van der Waals surface area (Å²) >= 11 is 6.10. The molecule has 3 aromatic heterocycles. The monoisotopic (exact) mass is 286 g/mol. The van der Waals surface area contributed by atoms with Crippen LogP contribution in [0, 0.1) is 0 Å². The lowest BCUT2D eigenvalue weighted by Crippen LogP contribution is -2.12. The third-order valence-corrected chi connectivity index (χ3v) is 3.62. The van der Waals surface area contributed by atoms with Gasteiger partial charge in [-0.05, 0) is 24.3 Å². The van der Waals surface area contributed by atoms with E-state index in [0.717, 1.165) is 22.6 Å². The second kappa shape index (κ2) is 5.23. The van der Waals surface area contributed by atoms with Gasteiger partial charge in [0, 0.05) is 36.6 Å². The van der Waals surface area contributed by atoms with Gasteiger partial charge in [0.05, 0.1) is 16.4 Å². The summed E-state index contributed by atoms with van der Waals surface area (Å²) in [5.74, 6) is 0.187. The van der Waals surface area contributed by atoms with Gasteiger partial charge < -0.3 is 10.1 Å². The van der Waals surface area contributed by atoms with Crippen LogP contribution in [-0.4, -0.2) is 20.9 Å². The second-order valence-corrected chi connectivity index (χ2v) is 5.23. The Labute approximate surface area is 122 Å². The molecule has 0 bridgehead atoms. The first kappa shape index (κ1) is 13.1. The summed E-state index contributed by atoms with van der Waals surface area (Å²) in [6, 6.07) is 7.67. The largest absolute Gasteiger partial charge is 0.330 e. The minimum Gasteiger partial charge on any atom is -0.330 e. The molecule has 20 heavy (non-hydrogen) atoms. The number of aromatic nitrogens is 3. The lowest BCUT2D eigenvalue weighted by atomic mass is 10.0. The summed E-state index contributed by atoms with van der Waals surface area (Å²) in [4.78, 5) is 8.77. The van der Waals surface area contributed by atoms with E-state index < -0.39 is 0 Å². The number of hydrogen-bond acceptors (Lipinski definition) is 3. The molecule has 0 fully saturated rings. The molecule has 4 nitrogen and oxygen atoms in total. The van der Waals surface area contributed by atoms with E-state index in [0.29, 0.717) is 11.6 Å². The molecule has 0 aromatic carbocycles. The Balaban J connectivity index is 2.31. The van der Waals surface area contributed by atoms with Crippen LogP contribution in [0.1, 0.15) is 18.5 Å². The van der Waals surface area contributed by atoms with Gasteiger partial charge in [-0.15, -0.1) is 0 Å². The lowest BCUT2D eigenvalue weighted by molar-refractivity contribution is 0.738. The van der Waals surface area contributed by atoms with Crippen LogP contribution in [0.15, 0.2) is 42.9 Å². The van der Waals surface area contributed by atoms with Gasteiger partial charge in [-0.1, -0.05) is 18.5 Å². The van der Waals surface area contributed by atoms with E-state index in [4.69, 9.17) is 22.3 Å². The minimum absolute atomic E-state index is 0.187. The van der Waals surface area contributed by atoms with E-state index in [-0.39, 0.29) is 5.92 Å². The molecule has 0 amide bonds. The van der Waals surface area contributed by atoms with E-state index in [1.165, 1.54) is 0 Å². The number of rotatable bonds is 3. The number of nitrogens with zero attached hydrogens (tertiary/aromatic N) is 3. The van der Waals surface area contributed by atoms with Crippen molar-refractivity contribution < 1.29 is 0 Å². The first-order valence-electron chi connectivity index (χ1n) is 6.48. The highest BCUT2D eigenvalue weighted by Crippen LogP contribution is 2.30. The summed E-state index contributed by atoms with van der Waals surface area (Å²) < 4.78 is 2.02. The highest BCUT2D eigenvalue weighted by atomic mass is 35.5. The molecule has 0 radical (unpaired) electrons. The maximum absolute atomic E-state index is 6.10. The molecule has 0 aliphatic rings. The maximum atomic E-state index is 6.10. The van der Waals surface area contributed by atoms with Crippen LogP contribution in [0.4, 0.5) is 0 Å². The van der Waals surface area contributed by atoms with Crippen LogP contribution in [0.2, 0.25) is 5.02 Å². The molecule has 0 spiro atoms. The van der Waals surface area contributed by atoms with Crippen molar-refractivity contribution in [1.82, 2.24) is 14.4 Å². The average Bonchev–Trinajstić information content (AvgIpc) is 2.86. The number of nitrogens with two attached hydrogens (primary N) is 1. The van der Waals surface area contributed by atoms with Gasteiger partial charge in [-0.2, -0.15) is 0 Å². The molecule has 3 heterocycles.